The summed E-state index contributed by atoms with van der Waals surface area (Å²) >= 11 is 0. The van der Waals surface area contributed by atoms with E-state index in [4.69, 9.17) is 26.6 Å². The summed E-state index contributed by atoms with van der Waals surface area (Å²) in [5, 5.41) is 28.1. The van der Waals surface area contributed by atoms with Gasteiger partial charge in [0.25, 0.3) is 0 Å². The van der Waals surface area contributed by atoms with Crippen molar-refractivity contribution >= 4 is 46.5 Å². The molecular weight excluding hydrogens is 689 g/mol. The summed E-state index contributed by atoms with van der Waals surface area (Å²) in [5.41, 5.74) is 7.30. The summed E-state index contributed by atoms with van der Waals surface area (Å²) < 4.78 is 45.7. The molecule has 0 aromatic heterocycles. The Kier molecular flexibility index (Phi) is 11.6. The molecule has 3 amide bonds. The van der Waals surface area contributed by atoms with Crippen LogP contribution in [0.2, 0.25) is 0 Å². The van der Waals surface area contributed by atoms with Crippen molar-refractivity contribution in [3.05, 3.63) is 100 Å². The molecule has 0 radical (unpaired) electrons. The molecule has 276 valence electrons. The third-order valence-corrected chi connectivity index (χ3v) is 9.39. The van der Waals surface area contributed by atoms with Gasteiger partial charge in [0.1, 0.15) is 0 Å². The Morgan fingerprint density at radius 3 is 2.40 bits per heavy atom. The quantitative estimate of drug-likeness (QED) is 0.132. The zero-order valence-corrected chi connectivity index (χ0v) is 29.2. The van der Waals surface area contributed by atoms with Gasteiger partial charge in [-0.3, -0.25) is 25.3 Å². The molecule has 2 heterocycles. The van der Waals surface area contributed by atoms with E-state index in [1.165, 1.54) is 31.3 Å². The Balaban J connectivity index is 1.19. The van der Waals surface area contributed by atoms with E-state index in [0.717, 1.165) is 23.3 Å². The number of carbonyl (C=O) groups excluding carboxylic acids is 3. The molecule has 15 heteroatoms. The Bertz CT molecular complexity index is 2010. The van der Waals surface area contributed by atoms with Gasteiger partial charge in [-0.2, -0.15) is 18.4 Å². The molecule has 1 saturated heterocycles. The number of alkyl carbamates (subject to hydrolysis) is 1. The number of nitrogens with two attached hydrogens (primary N) is 1. The fourth-order valence-corrected chi connectivity index (χ4v) is 6.47. The Labute approximate surface area is 304 Å². The van der Waals surface area contributed by atoms with Gasteiger partial charge in [0.2, 0.25) is 17.7 Å². The van der Waals surface area contributed by atoms with Crippen LogP contribution in [-0.4, -0.2) is 85.6 Å². The molecule has 12 nitrogen and oxygen atoms in total. The number of benzene rings is 3. The van der Waals surface area contributed by atoms with E-state index in [1.807, 2.05) is 23.1 Å². The van der Waals surface area contributed by atoms with Crippen molar-refractivity contribution in [1.82, 2.24) is 15.1 Å². The van der Waals surface area contributed by atoms with Crippen LogP contribution in [-0.2, 0) is 20.5 Å². The molecule has 1 atom stereocenters. The molecule has 0 spiro atoms. The van der Waals surface area contributed by atoms with Crippen LogP contribution in [0.25, 0.3) is 5.57 Å². The number of hydrogen-bond donors (Lipinski definition) is 4. The van der Waals surface area contributed by atoms with E-state index < -0.39 is 29.3 Å². The second kappa shape index (κ2) is 16.1. The zero-order valence-electron chi connectivity index (χ0n) is 29.2. The molecule has 5 rings (SSSR count). The summed E-state index contributed by atoms with van der Waals surface area (Å²) in [6.07, 6.45) is -2.33. The van der Waals surface area contributed by atoms with Crippen LogP contribution in [0, 0.1) is 28.1 Å². The Morgan fingerprint density at radius 2 is 1.77 bits per heavy atom. The standard InChI is InChI=1S/C38H39F3N8O4/c1-3-49(29-10-11-32(43)30(19-29)34(44)26-8-9-27(20-42)31(18-26)38(39,40)41)36(51)28-12-15-47(21-28)22-33(50)48-16-13-24(14-17-48)23-4-6-25(7-5-23)35(45)53-37(52)46-2/h4-11,13,18-19,28,44-45H,3,12,14-17,21-22,43H2,1-2H3,(H,46,52)/t28-/m1/s1. The number of halogens is 3. The lowest BCUT2D eigenvalue weighted by Crippen LogP contribution is -2.42. The van der Waals surface area contributed by atoms with Gasteiger partial charge in [-0.05, 0) is 79.9 Å². The molecular formula is C38H39F3N8O4. The fourth-order valence-electron chi connectivity index (χ4n) is 6.47. The summed E-state index contributed by atoms with van der Waals surface area (Å²) in [7, 11) is 1.41. The first-order valence-electron chi connectivity index (χ1n) is 16.9. The molecule has 0 unspecified atom stereocenters. The number of nitrogen functional groups attached to an aromatic ring is 1. The lowest BCUT2D eigenvalue weighted by atomic mass is 9.96. The number of carbonyl (C=O) groups is 3. The number of amides is 3. The molecule has 2 aliphatic rings. The Hall–Kier alpha value is -6.01. The van der Waals surface area contributed by atoms with E-state index in [2.05, 4.69) is 5.32 Å². The minimum absolute atomic E-state index is 0.0472. The van der Waals surface area contributed by atoms with Gasteiger partial charge in [0.15, 0.2) is 0 Å². The van der Waals surface area contributed by atoms with Crippen molar-refractivity contribution in [2.24, 2.45) is 5.92 Å². The van der Waals surface area contributed by atoms with Crippen molar-refractivity contribution in [2.75, 3.05) is 56.9 Å². The number of alkyl halides is 3. The van der Waals surface area contributed by atoms with Crippen molar-refractivity contribution in [2.45, 2.75) is 25.9 Å². The second-order valence-corrected chi connectivity index (χ2v) is 12.7. The van der Waals surface area contributed by atoms with Crippen molar-refractivity contribution in [1.29, 1.82) is 16.1 Å². The first-order chi connectivity index (χ1) is 25.2. The predicted octanol–water partition coefficient (Wildman–Crippen LogP) is 5.25. The number of anilines is 2. The summed E-state index contributed by atoms with van der Waals surface area (Å²) in [4.78, 5) is 43.7. The van der Waals surface area contributed by atoms with E-state index in [9.17, 15) is 27.6 Å². The average molecular weight is 729 g/mol. The maximum absolute atomic E-state index is 13.8. The summed E-state index contributed by atoms with van der Waals surface area (Å²) in [6, 6.07) is 16.3. The highest BCUT2D eigenvalue weighted by molar-refractivity contribution is 6.15. The van der Waals surface area contributed by atoms with E-state index in [1.54, 1.807) is 34.9 Å². The van der Waals surface area contributed by atoms with Crippen LogP contribution >= 0.6 is 0 Å². The third kappa shape index (κ3) is 8.73. The number of nitrogens with zero attached hydrogens (tertiary/aromatic N) is 4. The highest BCUT2D eigenvalue weighted by Crippen LogP contribution is 2.34. The lowest BCUT2D eigenvalue weighted by molar-refractivity contribution is -0.137. The molecule has 3 aromatic carbocycles. The Morgan fingerprint density at radius 1 is 1.06 bits per heavy atom. The smallest absolute Gasteiger partial charge is 0.398 e. The second-order valence-electron chi connectivity index (χ2n) is 12.7. The first-order valence-corrected chi connectivity index (χ1v) is 16.9. The molecule has 0 bridgehead atoms. The fraction of sp³-hybridized carbons (Fsp3) is 0.316. The monoisotopic (exact) mass is 728 g/mol. The third-order valence-electron chi connectivity index (χ3n) is 9.39. The maximum atomic E-state index is 13.8. The van der Waals surface area contributed by atoms with Crippen molar-refractivity contribution in [3.8, 4) is 6.07 Å². The normalized spacial score (nSPS) is 16.0. The molecule has 3 aromatic rings. The molecule has 1 fully saturated rings. The SMILES string of the molecule is CCN(C(=O)[C@@H]1CCN(CC(=O)N2CC=C(c3ccc(C(=N)OC(=O)NC)cc3)CC2)C1)c1ccc(N)c(C(=N)c2ccc(C#N)c(C(F)(F)F)c2)c1. The number of rotatable bonds is 9. The molecule has 0 saturated carbocycles. The largest absolute Gasteiger partial charge is 0.417 e. The van der Waals surface area contributed by atoms with E-state index in [-0.39, 0.29) is 53.3 Å². The van der Waals surface area contributed by atoms with Gasteiger partial charge >= 0.3 is 12.3 Å². The zero-order chi connectivity index (χ0) is 38.4. The van der Waals surface area contributed by atoms with E-state index in [0.29, 0.717) is 50.3 Å². The van der Waals surface area contributed by atoms with Gasteiger partial charge in [0.05, 0.1) is 35.4 Å². The van der Waals surface area contributed by atoms with Gasteiger partial charge in [-0.25, -0.2) is 4.79 Å². The van der Waals surface area contributed by atoms with Gasteiger partial charge < -0.3 is 25.6 Å². The average Bonchev–Trinajstić information content (AvgIpc) is 3.63. The van der Waals surface area contributed by atoms with Gasteiger partial charge in [-0.15, -0.1) is 0 Å². The van der Waals surface area contributed by atoms with Crippen LogP contribution in [0.3, 0.4) is 0 Å². The van der Waals surface area contributed by atoms with Gasteiger partial charge in [0, 0.05) is 61.3 Å². The maximum Gasteiger partial charge on any atom is 0.417 e. The first kappa shape index (κ1) is 38.2. The van der Waals surface area contributed by atoms with E-state index >= 15 is 0 Å². The van der Waals surface area contributed by atoms with Crippen molar-refractivity contribution < 1.29 is 32.3 Å². The van der Waals surface area contributed by atoms with Crippen molar-refractivity contribution in [3.63, 3.8) is 0 Å². The highest BCUT2D eigenvalue weighted by Gasteiger charge is 2.35. The molecule has 2 aliphatic heterocycles. The number of likely N-dealkylation sites (tertiary alicyclic amines) is 1. The molecule has 0 aliphatic carbocycles. The van der Waals surface area contributed by atoms with Gasteiger partial charge in [-0.1, -0.05) is 24.3 Å². The van der Waals surface area contributed by atoms with Crippen LogP contribution < -0.4 is 16.0 Å². The lowest BCUT2D eigenvalue weighted by Gasteiger charge is -2.29. The number of ether oxygens (including phenoxy) is 1. The van der Waals surface area contributed by atoms with Crippen LogP contribution in [0.1, 0.15) is 53.1 Å². The topological polar surface area (TPSA) is 180 Å². The number of nitrogens with one attached hydrogen (secondary N) is 3. The number of hydrogen-bond acceptors (Lipinski definition) is 9. The highest BCUT2D eigenvalue weighted by atomic mass is 19.4. The predicted molar refractivity (Wildman–Crippen MR) is 194 cm³/mol. The summed E-state index contributed by atoms with van der Waals surface area (Å²) in [6.45, 7) is 4.13. The summed E-state index contributed by atoms with van der Waals surface area (Å²) in [5.74, 6) is -0.873. The van der Waals surface area contributed by atoms with Crippen LogP contribution in [0.15, 0.2) is 66.7 Å². The minimum Gasteiger partial charge on any atom is -0.398 e. The van der Waals surface area contributed by atoms with Crippen LogP contribution in [0.5, 0.6) is 0 Å². The van der Waals surface area contributed by atoms with Crippen LogP contribution in [0.4, 0.5) is 29.3 Å². The minimum atomic E-state index is -4.79. The molecule has 53 heavy (non-hydrogen) atoms. The number of nitriles is 1. The molecule has 5 N–H and O–H groups in total.